The summed E-state index contributed by atoms with van der Waals surface area (Å²) < 4.78 is 5.57. The number of carbonyl (C=O) groups excluding carboxylic acids is 1. The van der Waals surface area contributed by atoms with Crippen LogP contribution in [-0.4, -0.2) is 54.9 Å². The number of carbonyl (C=O) groups is 1. The van der Waals surface area contributed by atoms with Crippen LogP contribution in [0.4, 0.5) is 4.79 Å². The van der Waals surface area contributed by atoms with E-state index in [4.69, 9.17) is 4.74 Å². The lowest BCUT2D eigenvalue weighted by molar-refractivity contribution is 0.00961. The molecule has 0 bridgehead atoms. The molecule has 0 aromatic rings. The van der Waals surface area contributed by atoms with Crippen molar-refractivity contribution in [2.75, 3.05) is 26.2 Å². The normalized spacial score (nSPS) is 27.3. The highest BCUT2D eigenvalue weighted by molar-refractivity contribution is 5.68. The third-order valence-corrected chi connectivity index (χ3v) is 4.47. The van der Waals surface area contributed by atoms with Gasteiger partial charge in [-0.15, -0.1) is 0 Å². The van der Waals surface area contributed by atoms with Gasteiger partial charge in [-0.3, -0.25) is 0 Å². The summed E-state index contributed by atoms with van der Waals surface area (Å²) in [5.41, 5.74) is -0.417. The first kappa shape index (κ1) is 17.5. The molecular formula is C17H33N3O2. The molecule has 5 nitrogen and oxygen atoms in total. The summed E-state index contributed by atoms with van der Waals surface area (Å²) in [4.78, 5) is 14.3. The zero-order valence-electron chi connectivity index (χ0n) is 14.5. The summed E-state index contributed by atoms with van der Waals surface area (Å²) in [7, 11) is 0. The van der Waals surface area contributed by atoms with Crippen molar-refractivity contribution < 1.29 is 9.53 Å². The molecule has 0 aromatic heterocycles. The molecule has 2 atom stereocenters. The van der Waals surface area contributed by atoms with Gasteiger partial charge in [0.15, 0.2) is 0 Å². The predicted octanol–water partition coefficient (Wildman–Crippen LogP) is 2.51. The topological polar surface area (TPSA) is 53.6 Å². The second kappa shape index (κ2) is 8.16. The third-order valence-electron chi connectivity index (χ3n) is 4.47. The van der Waals surface area contributed by atoms with Crippen molar-refractivity contribution in [1.29, 1.82) is 0 Å². The van der Waals surface area contributed by atoms with Gasteiger partial charge in [0, 0.05) is 25.2 Å². The number of hydrogen-bond donors (Lipinski definition) is 2. The Bertz CT molecular complexity index is 346. The molecule has 0 radical (unpaired) electrons. The van der Waals surface area contributed by atoms with E-state index in [1.165, 1.54) is 25.7 Å². The standard InChI is InChI=1S/C17H33N3O2/c1-17(2,3)22-16(21)20-12-5-4-8-15(20)13-19-14-7-6-10-18-11-9-14/h14-15,18-19H,4-13H2,1-3H3. The minimum atomic E-state index is -0.417. The number of ether oxygens (including phenoxy) is 1. The lowest BCUT2D eigenvalue weighted by atomic mass is 10.0. The minimum Gasteiger partial charge on any atom is -0.444 e. The molecule has 2 aliphatic rings. The molecule has 5 heteroatoms. The Morgan fingerprint density at radius 1 is 1.18 bits per heavy atom. The SMILES string of the molecule is CC(C)(C)OC(=O)N1CCCCC1CNC1CCCNCC1. The molecule has 2 aliphatic heterocycles. The van der Waals surface area contributed by atoms with Gasteiger partial charge in [0.05, 0.1) is 0 Å². The lowest BCUT2D eigenvalue weighted by Crippen LogP contribution is -2.51. The maximum absolute atomic E-state index is 12.4. The molecule has 0 spiro atoms. The average Bonchev–Trinajstić information content (AvgIpc) is 2.72. The summed E-state index contributed by atoms with van der Waals surface area (Å²) >= 11 is 0. The number of hydrogen-bond acceptors (Lipinski definition) is 4. The molecule has 2 saturated heterocycles. The number of rotatable bonds is 3. The fourth-order valence-corrected chi connectivity index (χ4v) is 3.30. The molecule has 2 unspecified atom stereocenters. The summed E-state index contributed by atoms with van der Waals surface area (Å²) in [5.74, 6) is 0. The lowest BCUT2D eigenvalue weighted by Gasteiger charge is -2.37. The minimum absolute atomic E-state index is 0.151. The molecule has 0 aromatic carbocycles. The van der Waals surface area contributed by atoms with Crippen LogP contribution in [-0.2, 0) is 4.74 Å². The van der Waals surface area contributed by atoms with Crippen molar-refractivity contribution in [1.82, 2.24) is 15.5 Å². The van der Waals surface area contributed by atoms with E-state index in [0.29, 0.717) is 6.04 Å². The number of likely N-dealkylation sites (tertiary alicyclic amines) is 1. The van der Waals surface area contributed by atoms with Crippen LogP contribution in [0, 0.1) is 0 Å². The van der Waals surface area contributed by atoms with E-state index in [1.807, 2.05) is 25.7 Å². The Balaban J connectivity index is 1.84. The maximum atomic E-state index is 12.4. The van der Waals surface area contributed by atoms with Crippen LogP contribution in [0.25, 0.3) is 0 Å². The highest BCUT2D eigenvalue weighted by atomic mass is 16.6. The van der Waals surface area contributed by atoms with Gasteiger partial charge in [0.25, 0.3) is 0 Å². The Morgan fingerprint density at radius 2 is 2.00 bits per heavy atom. The molecule has 2 fully saturated rings. The van der Waals surface area contributed by atoms with Crippen LogP contribution in [0.3, 0.4) is 0 Å². The van der Waals surface area contributed by atoms with E-state index < -0.39 is 5.60 Å². The summed E-state index contributed by atoms with van der Waals surface area (Å²) in [6.45, 7) is 9.74. The van der Waals surface area contributed by atoms with Crippen molar-refractivity contribution in [3.63, 3.8) is 0 Å². The Kier molecular flexibility index (Phi) is 6.50. The summed E-state index contributed by atoms with van der Waals surface area (Å²) in [6, 6.07) is 0.859. The number of amides is 1. The Morgan fingerprint density at radius 3 is 2.77 bits per heavy atom. The molecule has 128 valence electrons. The van der Waals surface area contributed by atoms with Gasteiger partial charge in [-0.25, -0.2) is 4.79 Å². The summed E-state index contributed by atoms with van der Waals surface area (Å²) in [5, 5.41) is 7.13. The highest BCUT2D eigenvalue weighted by Gasteiger charge is 2.30. The van der Waals surface area contributed by atoms with Crippen molar-refractivity contribution in [2.45, 2.75) is 77.0 Å². The molecule has 2 rings (SSSR count). The molecular weight excluding hydrogens is 278 g/mol. The Hall–Kier alpha value is -0.810. The first-order chi connectivity index (χ1) is 10.5. The van der Waals surface area contributed by atoms with Crippen LogP contribution < -0.4 is 10.6 Å². The molecule has 2 N–H and O–H groups in total. The van der Waals surface area contributed by atoms with Gasteiger partial charge in [-0.2, -0.15) is 0 Å². The largest absolute Gasteiger partial charge is 0.444 e. The fraction of sp³-hybridized carbons (Fsp3) is 0.941. The monoisotopic (exact) mass is 311 g/mol. The number of nitrogens with one attached hydrogen (secondary N) is 2. The zero-order valence-corrected chi connectivity index (χ0v) is 14.5. The van der Waals surface area contributed by atoms with Crippen molar-refractivity contribution >= 4 is 6.09 Å². The van der Waals surface area contributed by atoms with Gasteiger partial charge >= 0.3 is 6.09 Å². The molecule has 0 aliphatic carbocycles. The zero-order chi connectivity index (χ0) is 16.0. The van der Waals surface area contributed by atoms with E-state index >= 15 is 0 Å². The maximum Gasteiger partial charge on any atom is 0.410 e. The fourth-order valence-electron chi connectivity index (χ4n) is 3.30. The molecule has 2 heterocycles. The first-order valence-electron chi connectivity index (χ1n) is 8.89. The van der Waals surface area contributed by atoms with Crippen LogP contribution in [0.5, 0.6) is 0 Å². The third kappa shape index (κ3) is 5.76. The van der Waals surface area contributed by atoms with Crippen molar-refractivity contribution in [2.24, 2.45) is 0 Å². The average molecular weight is 311 g/mol. The first-order valence-corrected chi connectivity index (χ1v) is 8.89. The van der Waals surface area contributed by atoms with Crippen molar-refractivity contribution in [3.8, 4) is 0 Å². The molecule has 22 heavy (non-hydrogen) atoms. The quantitative estimate of drug-likeness (QED) is 0.841. The molecule has 0 saturated carbocycles. The second-order valence-electron chi connectivity index (χ2n) is 7.61. The second-order valence-corrected chi connectivity index (χ2v) is 7.61. The number of piperidine rings is 1. The smallest absolute Gasteiger partial charge is 0.410 e. The van der Waals surface area contributed by atoms with E-state index in [-0.39, 0.29) is 12.1 Å². The van der Waals surface area contributed by atoms with E-state index in [2.05, 4.69) is 10.6 Å². The van der Waals surface area contributed by atoms with Gasteiger partial charge in [0.2, 0.25) is 0 Å². The van der Waals surface area contributed by atoms with E-state index in [1.54, 1.807) is 0 Å². The van der Waals surface area contributed by atoms with E-state index in [9.17, 15) is 4.79 Å². The van der Waals surface area contributed by atoms with Gasteiger partial charge < -0.3 is 20.3 Å². The van der Waals surface area contributed by atoms with Crippen LogP contribution >= 0.6 is 0 Å². The van der Waals surface area contributed by atoms with Crippen molar-refractivity contribution in [3.05, 3.63) is 0 Å². The number of nitrogens with zero attached hydrogens (tertiary/aromatic N) is 1. The van der Waals surface area contributed by atoms with Crippen LogP contribution in [0.15, 0.2) is 0 Å². The molecule has 1 amide bonds. The van der Waals surface area contributed by atoms with E-state index in [0.717, 1.165) is 39.0 Å². The van der Waals surface area contributed by atoms with Gasteiger partial charge in [0.1, 0.15) is 5.60 Å². The highest BCUT2D eigenvalue weighted by Crippen LogP contribution is 2.20. The summed E-state index contributed by atoms with van der Waals surface area (Å²) in [6.07, 6.45) is 6.86. The van der Waals surface area contributed by atoms with Crippen LogP contribution in [0.2, 0.25) is 0 Å². The van der Waals surface area contributed by atoms with Gasteiger partial charge in [-0.1, -0.05) is 0 Å². The van der Waals surface area contributed by atoms with Crippen LogP contribution in [0.1, 0.15) is 59.3 Å². The Labute approximate surface area is 135 Å². The predicted molar refractivity (Wildman–Crippen MR) is 89.1 cm³/mol. The van der Waals surface area contributed by atoms with Gasteiger partial charge in [-0.05, 0) is 72.4 Å².